The minimum absolute atomic E-state index is 0.0972. The number of nitrogens with zero attached hydrogens (tertiary/aromatic N) is 3. The van der Waals surface area contributed by atoms with Crippen LogP contribution in [0.3, 0.4) is 0 Å². The maximum atomic E-state index is 13.8. The van der Waals surface area contributed by atoms with Crippen LogP contribution in [-0.2, 0) is 17.8 Å². The summed E-state index contributed by atoms with van der Waals surface area (Å²) in [5, 5.41) is 1.18. The Morgan fingerprint density at radius 2 is 1.68 bits per heavy atom. The van der Waals surface area contributed by atoms with Crippen molar-refractivity contribution in [3.05, 3.63) is 90.0 Å². The van der Waals surface area contributed by atoms with Gasteiger partial charge in [-0.3, -0.25) is 9.59 Å². The number of piperidine rings is 1. The standard InChI is InChI=1S/C34H39N3O4/c1-35-23-24-40-30-13-7-5-11-27(30)10-3-2-8-17-34(33(35)39)18-21-36(22-19-34)32(38)31-15-14-28(41-31)25-37-20-16-26-9-4-6-12-29(26)37/h4-7,9,11-16,20H,2-3,8,10,17-19,21-25H2,1H3. The Morgan fingerprint density at radius 3 is 2.56 bits per heavy atom. The molecule has 0 atom stereocenters. The van der Waals surface area contributed by atoms with Crippen LogP contribution in [-0.4, -0.2) is 59.5 Å². The second-order valence-electron chi connectivity index (χ2n) is 11.6. The Hall–Kier alpha value is -4.00. The number of hydrogen-bond acceptors (Lipinski definition) is 4. The zero-order valence-corrected chi connectivity index (χ0v) is 23.9. The van der Waals surface area contributed by atoms with E-state index in [1.54, 1.807) is 6.07 Å². The van der Waals surface area contributed by atoms with E-state index < -0.39 is 5.41 Å². The normalized spacial score (nSPS) is 18.3. The molecular weight excluding hydrogens is 514 g/mol. The number of carbonyl (C=O) groups excluding carboxylic acids is 2. The number of furan rings is 1. The average molecular weight is 554 g/mol. The van der Waals surface area contributed by atoms with Crippen molar-refractivity contribution in [2.45, 2.75) is 51.5 Å². The van der Waals surface area contributed by atoms with Crippen molar-refractivity contribution in [1.82, 2.24) is 14.4 Å². The Balaban J connectivity index is 1.10. The molecule has 7 nitrogen and oxygen atoms in total. The smallest absolute Gasteiger partial charge is 0.289 e. The first-order chi connectivity index (χ1) is 20.0. The van der Waals surface area contributed by atoms with Crippen molar-refractivity contribution in [1.29, 1.82) is 0 Å². The summed E-state index contributed by atoms with van der Waals surface area (Å²) in [4.78, 5) is 30.9. The summed E-state index contributed by atoms with van der Waals surface area (Å²) in [6.07, 6.45) is 8.38. The molecule has 7 heteroatoms. The number of carbonyl (C=O) groups is 2. The van der Waals surface area contributed by atoms with Gasteiger partial charge in [0.2, 0.25) is 5.91 Å². The fourth-order valence-electron chi connectivity index (χ4n) is 6.49. The van der Waals surface area contributed by atoms with E-state index in [2.05, 4.69) is 34.9 Å². The fraction of sp³-hybridized carbons (Fsp3) is 0.412. The molecule has 0 unspecified atom stereocenters. The van der Waals surface area contributed by atoms with Crippen LogP contribution in [0.2, 0.25) is 0 Å². The Labute approximate surface area is 241 Å². The van der Waals surface area contributed by atoms with Gasteiger partial charge in [0.1, 0.15) is 18.1 Å². The van der Waals surface area contributed by atoms with Gasteiger partial charge in [0.25, 0.3) is 5.91 Å². The van der Waals surface area contributed by atoms with Crippen LogP contribution in [0.15, 0.2) is 77.3 Å². The summed E-state index contributed by atoms with van der Waals surface area (Å²) >= 11 is 0. The molecule has 1 fully saturated rings. The molecule has 1 saturated heterocycles. The van der Waals surface area contributed by atoms with Crippen LogP contribution in [0.25, 0.3) is 10.9 Å². The molecule has 214 valence electrons. The van der Waals surface area contributed by atoms with E-state index in [1.165, 1.54) is 10.9 Å². The first-order valence-corrected chi connectivity index (χ1v) is 14.9. The molecule has 2 amide bonds. The van der Waals surface area contributed by atoms with Crippen LogP contribution in [0.4, 0.5) is 0 Å². The molecule has 4 aromatic rings. The van der Waals surface area contributed by atoms with Crippen molar-refractivity contribution >= 4 is 22.7 Å². The molecule has 6 rings (SSSR count). The van der Waals surface area contributed by atoms with Gasteiger partial charge in [-0.1, -0.05) is 49.2 Å². The number of fused-ring (bicyclic) bond motifs is 2. The lowest BCUT2D eigenvalue weighted by atomic mass is 9.73. The highest BCUT2D eigenvalue weighted by atomic mass is 16.5. The third-order valence-electron chi connectivity index (χ3n) is 8.95. The highest BCUT2D eigenvalue weighted by molar-refractivity contribution is 5.92. The molecule has 0 radical (unpaired) electrons. The van der Waals surface area contributed by atoms with Crippen LogP contribution in [0, 0.1) is 5.41 Å². The second-order valence-corrected chi connectivity index (χ2v) is 11.6. The topological polar surface area (TPSA) is 67.9 Å². The molecule has 2 aromatic heterocycles. The molecule has 4 heterocycles. The van der Waals surface area contributed by atoms with Gasteiger partial charge in [-0.25, -0.2) is 0 Å². The summed E-state index contributed by atoms with van der Waals surface area (Å²) in [5.74, 6) is 2.12. The van der Waals surface area contributed by atoms with Gasteiger partial charge < -0.3 is 23.5 Å². The van der Waals surface area contributed by atoms with E-state index >= 15 is 0 Å². The van der Waals surface area contributed by atoms with Gasteiger partial charge in [-0.15, -0.1) is 0 Å². The Bertz CT molecular complexity index is 1510. The Morgan fingerprint density at radius 1 is 0.878 bits per heavy atom. The predicted molar refractivity (Wildman–Crippen MR) is 159 cm³/mol. The minimum atomic E-state index is -0.434. The van der Waals surface area contributed by atoms with Crippen molar-refractivity contribution in [2.24, 2.45) is 5.41 Å². The Kier molecular flexibility index (Phi) is 7.86. The number of aryl methyl sites for hydroxylation is 1. The predicted octanol–water partition coefficient (Wildman–Crippen LogP) is 6.16. The van der Waals surface area contributed by atoms with Crippen molar-refractivity contribution in [2.75, 3.05) is 33.3 Å². The van der Waals surface area contributed by atoms with E-state index in [4.69, 9.17) is 9.15 Å². The van der Waals surface area contributed by atoms with E-state index in [0.29, 0.717) is 51.4 Å². The molecule has 0 N–H and O–H groups in total. The first-order valence-electron chi connectivity index (χ1n) is 14.9. The zero-order valence-electron chi connectivity index (χ0n) is 23.9. The maximum absolute atomic E-state index is 13.8. The lowest BCUT2D eigenvalue weighted by molar-refractivity contribution is -0.144. The number of likely N-dealkylation sites (N-methyl/N-ethyl adjacent to an activating group) is 1. The largest absolute Gasteiger partial charge is 0.491 e. The summed E-state index contributed by atoms with van der Waals surface area (Å²) < 4.78 is 14.2. The number of rotatable bonds is 3. The molecule has 0 saturated carbocycles. The van der Waals surface area contributed by atoms with Gasteiger partial charge in [0.05, 0.1) is 18.5 Å². The number of amides is 2. The summed E-state index contributed by atoms with van der Waals surface area (Å²) in [6, 6.07) is 22.2. The van der Waals surface area contributed by atoms with Crippen molar-refractivity contribution in [3.63, 3.8) is 0 Å². The van der Waals surface area contributed by atoms with Gasteiger partial charge in [0, 0.05) is 31.9 Å². The second kappa shape index (κ2) is 11.9. The van der Waals surface area contributed by atoms with Crippen LogP contribution >= 0.6 is 0 Å². The van der Waals surface area contributed by atoms with E-state index in [1.807, 2.05) is 53.4 Å². The first kappa shape index (κ1) is 27.2. The molecular formula is C34H39N3O4. The minimum Gasteiger partial charge on any atom is -0.491 e. The molecule has 41 heavy (non-hydrogen) atoms. The third kappa shape index (κ3) is 5.76. The molecule has 2 aromatic carbocycles. The monoisotopic (exact) mass is 553 g/mol. The molecule has 1 spiro atoms. The van der Waals surface area contributed by atoms with Crippen LogP contribution < -0.4 is 4.74 Å². The maximum Gasteiger partial charge on any atom is 0.289 e. The summed E-state index contributed by atoms with van der Waals surface area (Å²) in [6.45, 7) is 2.69. The average Bonchev–Trinajstić information content (AvgIpc) is 3.64. The lowest BCUT2D eigenvalue weighted by Crippen LogP contribution is -2.51. The van der Waals surface area contributed by atoms with E-state index in [9.17, 15) is 9.59 Å². The fourth-order valence-corrected chi connectivity index (χ4v) is 6.49. The van der Waals surface area contributed by atoms with Crippen molar-refractivity contribution in [3.8, 4) is 5.75 Å². The van der Waals surface area contributed by atoms with Crippen LogP contribution in [0.5, 0.6) is 5.75 Å². The van der Waals surface area contributed by atoms with E-state index in [-0.39, 0.29) is 11.8 Å². The van der Waals surface area contributed by atoms with Gasteiger partial charge >= 0.3 is 0 Å². The lowest BCUT2D eigenvalue weighted by Gasteiger charge is -2.42. The third-order valence-corrected chi connectivity index (χ3v) is 8.95. The van der Waals surface area contributed by atoms with Gasteiger partial charge in [-0.05, 0) is 73.4 Å². The van der Waals surface area contributed by atoms with E-state index in [0.717, 1.165) is 49.1 Å². The van der Waals surface area contributed by atoms with Gasteiger partial charge in [-0.2, -0.15) is 0 Å². The SMILES string of the molecule is CN1CCOc2ccccc2CCCCCC2(CCN(C(=O)c3ccc(Cn4ccc5ccccc54)o3)CC2)C1=O. The highest BCUT2D eigenvalue weighted by Gasteiger charge is 2.43. The van der Waals surface area contributed by atoms with Crippen LogP contribution in [0.1, 0.15) is 60.4 Å². The molecule has 0 bridgehead atoms. The number of ether oxygens (including phenoxy) is 1. The number of benzene rings is 2. The summed E-state index contributed by atoms with van der Waals surface area (Å²) in [5.41, 5.74) is 1.94. The molecule has 0 aliphatic carbocycles. The van der Waals surface area contributed by atoms with Gasteiger partial charge in [0.15, 0.2) is 5.76 Å². The number of aromatic nitrogens is 1. The quantitative estimate of drug-likeness (QED) is 0.305. The summed E-state index contributed by atoms with van der Waals surface area (Å²) in [7, 11) is 1.88. The zero-order chi connectivity index (χ0) is 28.2. The molecule has 2 aliphatic rings. The van der Waals surface area contributed by atoms with Crippen molar-refractivity contribution < 1.29 is 18.7 Å². The number of para-hydroxylation sites is 2. The number of likely N-dealkylation sites (tertiary alicyclic amines) is 1. The highest BCUT2D eigenvalue weighted by Crippen LogP contribution is 2.39. The number of hydrogen-bond donors (Lipinski definition) is 0. The molecule has 2 aliphatic heterocycles.